The zero-order valence-electron chi connectivity index (χ0n) is 32.0. The number of benzene rings is 2. The van der Waals surface area contributed by atoms with Crippen molar-refractivity contribution in [1.29, 1.82) is 5.26 Å². The third-order valence-corrected chi connectivity index (χ3v) is 8.90. The van der Waals surface area contributed by atoms with Crippen LogP contribution < -0.4 is 19.9 Å². The van der Waals surface area contributed by atoms with E-state index in [1.165, 1.54) is 54.9 Å². The molecule has 2 fully saturated rings. The molecule has 3 aliphatic heterocycles. The van der Waals surface area contributed by atoms with Crippen LogP contribution in [0.2, 0.25) is 0 Å². The number of aryl methyl sites for hydroxylation is 1. The van der Waals surface area contributed by atoms with E-state index in [0.29, 0.717) is 38.7 Å². The number of fused-ring (bicyclic) bond motifs is 2. The van der Waals surface area contributed by atoms with Gasteiger partial charge in [-0.3, -0.25) is 9.59 Å². The Morgan fingerprint density at radius 1 is 0.981 bits per heavy atom. The molecule has 0 spiro atoms. The molecule has 3 aromatic rings. The summed E-state index contributed by atoms with van der Waals surface area (Å²) in [5, 5.41) is 20.5. The van der Waals surface area contributed by atoms with Gasteiger partial charge in [0, 0.05) is 61.9 Å². The van der Waals surface area contributed by atoms with Crippen molar-refractivity contribution < 1.29 is 29.0 Å². The topological polar surface area (TPSA) is 164 Å². The number of rotatable bonds is 8. The van der Waals surface area contributed by atoms with Crippen molar-refractivity contribution in [1.82, 2.24) is 25.1 Å². The Labute approximate surface area is 313 Å². The van der Waals surface area contributed by atoms with Crippen molar-refractivity contribution in [3.05, 3.63) is 65.4 Å². The summed E-state index contributed by atoms with van der Waals surface area (Å²) in [5.74, 6) is -0.682. The van der Waals surface area contributed by atoms with Crippen molar-refractivity contribution in [3.8, 4) is 12.1 Å². The number of hydrogen-bond acceptors (Lipinski definition) is 11. The number of carboxylic acid groups (broad SMARTS) is 1. The average molecular weight is 731 g/mol. The number of carbonyl (C=O) groups excluding carboxylic acids is 2. The Bertz CT molecular complexity index is 1740. The molecule has 0 aliphatic carbocycles. The van der Waals surface area contributed by atoms with E-state index in [-0.39, 0.29) is 18.1 Å². The highest BCUT2D eigenvalue weighted by molar-refractivity contribution is 5.97. The van der Waals surface area contributed by atoms with Crippen LogP contribution in [0.15, 0.2) is 48.6 Å². The first-order valence-electron chi connectivity index (χ1n) is 18.1. The van der Waals surface area contributed by atoms with Crippen molar-refractivity contribution in [3.63, 3.8) is 0 Å². The van der Waals surface area contributed by atoms with Gasteiger partial charge in [0.25, 0.3) is 5.91 Å². The highest BCUT2D eigenvalue weighted by Crippen LogP contribution is 2.35. The van der Waals surface area contributed by atoms with Gasteiger partial charge in [0.1, 0.15) is 19.0 Å². The Morgan fingerprint density at radius 3 is 2.21 bits per heavy atom. The van der Waals surface area contributed by atoms with Gasteiger partial charge in [0.05, 0.1) is 25.4 Å². The maximum absolute atomic E-state index is 12.9. The van der Waals surface area contributed by atoms with Gasteiger partial charge < -0.3 is 39.5 Å². The van der Waals surface area contributed by atoms with Gasteiger partial charge in [-0.15, -0.1) is 0 Å². The zero-order valence-corrected chi connectivity index (χ0v) is 32.0. The summed E-state index contributed by atoms with van der Waals surface area (Å²) in [7, 11) is 3.74. The number of piperazine rings is 1. The molecule has 14 nitrogen and oxygen atoms in total. The fourth-order valence-electron chi connectivity index (χ4n) is 6.35. The molecule has 0 saturated carbocycles. The lowest BCUT2D eigenvalue weighted by Gasteiger charge is -2.38. The first kappa shape index (κ1) is 42.0. The molecule has 6 rings (SSSR count). The second-order valence-corrected chi connectivity index (χ2v) is 12.5. The minimum Gasteiger partial charge on any atom is -0.480 e. The maximum Gasteiger partial charge on any atom is 0.407 e. The summed E-state index contributed by atoms with van der Waals surface area (Å²) in [5.41, 5.74) is 4.55. The van der Waals surface area contributed by atoms with E-state index < -0.39 is 18.6 Å². The number of alkyl carbamates (subject to hydrolysis) is 1. The molecular formula is C39H54N8O6. The summed E-state index contributed by atoms with van der Waals surface area (Å²) in [4.78, 5) is 53.0. The van der Waals surface area contributed by atoms with Crippen LogP contribution in [0, 0.1) is 18.3 Å². The van der Waals surface area contributed by atoms with Crippen LogP contribution in [-0.2, 0) is 27.3 Å². The SMILES string of the molecule is C=C(COC(=O)NCC(=O)O)C(=O)N1CCN(c2nc(OC)nc3c2CCN(c2cccc4cccc(C)c24)C3)CC1.CC.CC#N.CN1CCCC1. The lowest BCUT2D eigenvalue weighted by Crippen LogP contribution is -2.50. The molecule has 0 atom stereocenters. The van der Waals surface area contributed by atoms with E-state index in [2.05, 4.69) is 77.0 Å². The molecule has 2 aromatic carbocycles. The highest BCUT2D eigenvalue weighted by atomic mass is 16.5. The standard InChI is InChI=1S/C30H34N6O6.C5H11N.C2H3N.C2H6/c1-19-6-4-7-21-8-5-9-24(26(19)21)36-11-10-22-23(17-36)32-29(41-3)33-27(22)34-12-14-35(15-13-34)28(39)20(2)18-42-30(40)31-16-25(37)38;1-6-4-2-3-5-6;1-2-3;1-2/h4-9H,2,10-18H2,1,3H3,(H,31,40)(H,37,38);2-5H2,1H3;1H3;1-2H3. The van der Waals surface area contributed by atoms with Gasteiger partial charge in [-0.05, 0) is 63.3 Å². The summed E-state index contributed by atoms with van der Waals surface area (Å²) in [6, 6.07) is 14.8. The van der Waals surface area contributed by atoms with E-state index in [1.54, 1.807) is 18.1 Å². The minimum absolute atomic E-state index is 0.110. The number of ether oxygens (including phenoxy) is 2. The lowest BCUT2D eigenvalue weighted by molar-refractivity contribution is -0.136. The number of aliphatic carboxylic acids is 1. The van der Waals surface area contributed by atoms with E-state index >= 15 is 0 Å². The molecular weight excluding hydrogens is 676 g/mol. The lowest BCUT2D eigenvalue weighted by atomic mass is 9.99. The first-order chi connectivity index (χ1) is 25.6. The summed E-state index contributed by atoms with van der Waals surface area (Å²) in [6.45, 7) is 16.5. The number of aromatic nitrogens is 2. The number of anilines is 2. The van der Waals surface area contributed by atoms with Gasteiger partial charge in [0.2, 0.25) is 0 Å². The monoisotopic (exact) mass is 730 g/mol. The van der Waals surface area contributed by atoms with Crippen molar-refractivity contribution in [2.24, 2.45) is 0 Å². The molecule has 14 heteroatoms. The van der Waals surface area contributed by atoms with Crippen LogP contribution in [0.3, 0.4) is 0 Å². The van der Waals surface area contributed by atoms with E-state index in [0.717, 1.165) is 30.0 Å². The van der Waals surface area contributed by atoms with Crippen molar-refractivity contribution >= 4 is 40.2 Å². The normalized spacial score (nSPS) is 14.8. The predicted molar refractivity (Wildman–Crippen MR) is 206 cm³/mol. The molecule has 0 radical (unpaired) electrons. The molecule has 1 aromatic heterocycles. The molecule has 3 aliphatic rings. The number of nitriles is 1. The van der Waals surface area contributed by atoms with Crippen LogP contribution in [0.4, 0.5) is 16.3 Å². The van der Waals surface area contributed by atoms with Crippen molar-refractivity contribution in [2.45, 2.75) is 53.5 Å². The van der Waals surface area contributed by atoms with Gasteiger partial charge in [-0.25, -0.2) is 4.79 Å². The largest absolute Gasteiger partial charge is 0.480 e. The number of carbonyl (C=O) groups is 3. The summed E-state index contributed by atoms with van der Waals surface area (Å²) in [6.07, 6.45) is 2.68. The van der Waals surface area contributed by atoms with Crippen LogP contribution in [-0.4, -0.2) is 116 Å². The number of hydrogen-bond donors (Lipinski definition) is 2. The average Bonchev–Trinajstić information content (AvgIpc) is 3.67. The number of amides is 2. The second kappa shape index (κ2) is 21.2. The zero-order chi connectivity index (χ0) is 38.9. The van der Waals surface area contributed by atoms with Crippen LogP contribution >= 0.6 is 0 Å². The minimum atomic E-state index is -1.19. The Kier molecular flexibility index (Phi) is 16.8. The molecule has 53 heavy (non-hydrogen) atoms. The van der Waals surface area contributed by atoms with Gasteiger partial charge in [-0.2, -0.15) is 15.2 Å². The predicted octanol–water partition coefficient (Wildman–Crippen LogP) is 4.79. The van der Waals surface area contributed by atoms with Crippen molar-refractivity contribution in [2.75, 3.05) is 82.9 Å². The Hall–Kier alpha value is -5.42. The molecule has 286 valence electrons. The third-order valence-electron chi connectivity index (χ3n) is 8.90. The fourth-order valence-corrected chi connectivity index (χ4v) is 6.35. The summed E-state index contributed by atoms with van der Waals surface area (Å²) >= 11 is 0. The number of nitrogens with zero attached hydrogens (tertiary/aromatic N) is 7. The molecule has 2 N–H and O–H groups in total. The van der Waals surface area contributed by atoms with Crippen LogP contribution in [0.5, 0.6) is 6.01 Å². The Balaban J connectivity index is 0.000000601. The quantitative estimate of drug-likeness (QED) is 0.305. The Morgan fingerprint density at radius 2 is 1.62 bits per heavy atom. The summed E-state index contributed by atoms with van der Waals surface area (Å²) < 4.78 is 10.4. The van der Waals surface area contributed by atoms with Gasteiger partial charge >= 0.3 is 18.1 Å². The van der Waals surface area contributed by atoms with E-state index in [4.69, 9.17) is 29.8 Å². The second-order valence-electron chi connectivity index (χ2n) is 12.5. The number of nitrogens with one attached hydrogen (secondary N) is 1. The first-order valence-corrected chi connectivity index (χ1v) is 18.1. The number of carboxylic acids is 1. The number of likely N-dealkylation sites (tertiary alicyclic amines) is 1. The number of methoxy groups -OCH3 is 1. The van der Waals surface area contributed by atoms with E-state index in [9.17, 15) is 14.4 Å². The molecule has 2 saturated heterocycles. The molecule has 2 amide bonds. The molecule has 0 bridgehead atoms. The maximum atomic E-state index is 12.9. The van der Waals surface area contributed by atoms with Crippen LogP contribution in [0.25, 0.3) is 10.8 Å². The van der Waals surface area contributed by atoms with E-state index in [1.807, 2.05) is 13.8 Å². The molecule has 0 unspecified atom stereocenters. The van der Waals surface area contributed by atoms with Crippen LogP contribution in [0.1, 0.15) is 50.4 Å². The molecule has 4 heterocycles. The fraction of sp³-hybridized carbons (Fsp3) is 0.487. The smallest absolute Gasteiger partial charge is 0.407 e. The van der Waals surface area contributed by atoms with Gasteiger partial charge in [0.15, 0.2) is 0 Å². The van der Waals surface area contributed by atoms with Gasteiger partial charge in [-0.1, -0.05) is 50.8 Å². The third kappa shape index (κ3) is 11.8. The highest BCUT2D eigenvalue weighted by Gasteiger charge is 2.30.